The van der Waals surface area contributed by atoms with Gasteiger partial charge in [0.05, 0.1) is 8.93 Å². The number of rotatable bonds is 4. The van der Waals surface area contributed by atoms with Crippen LogP contribution in [0.1, 0.15) is 35.6 Å². The van der Waals surface area contributed by atoms with Crippen LogP contribution in [0.15, 0.2) is 21.9 Å². The van der Waals surface area contributed by atoms with Crippen LogP contribution in [0, 0.1) is 16.7 Å². The summed E-state index contributed by atoms with van der Waals surface area (Å²) in [6.07, 6.45) is 0. The standard InChI is InChI=1S/C13H16INOS/c1-4-15-13(10-6-12(14)17-7-10)11-5-8(2)16-9(11)3/h5-7,13,15H,4H2,1-3H3. The zero-order chi connectivity index (χ0) is 12.4. The molecule has 0 saturated carbocycles. The predicted molar refractivity (Wildman–Crippen MR) is 80.7 cm³/mol. The maximum Gasteiger partial charge on any atom is 0.106 e. The molecule has 0 saturated heterocycles. The minimum atomic E-state index is 0.247. The van der Waals surface area contributed by atoms with Gasteiger partial charge in [0, 0.05) is 5.56 Å². The van der Waals surface area contributed by atoms with Crippen LogP contribution in [-0.4, -0.2) is 6.54 Å². The van der Waals surface area contributed by atoms with Crippen LogP contribution in [0.25, 0.3) is 0 Å². The molecular formula is C13H16INOS. The number of thiophene rings is 1. The molecule has 2 nitrogen and oxygen atoms in total. The van der Waals surface area contributed by atoms with Crippen molar-refractivity contribution in [1.82, 2.24) is 5.32 Å². The van der Waals surface area contributed by atoms with Crippen molar-refractivity contribution in [2.24, 2.45) is 0 Å². The van der Waals surface area contributed by atoms with E-state index < -0.39 is 0 Å². The van der Waals surface area contributed by atoms with E-state index in [9.17, 15) is 0 Å². The average molecular weight is 361 g/mol. The van der Waals surface area contributed by atoms with E-state index in [4.69, 9.17) is 4.42 Å². The van der Waals surface area contributed by atoms with Gasteiger partial charge in [-0.05, 0) is 66.1 Å². The Kier molecular flexibility index (Phi) is 4.27. The largest absolute Gasteiger partial charge is 0.466 e. The maximum absolute atomic E-state index is 5.63. The highest BCUT2D eigenvalue weighted by Crippen LogP contribution is 2.30. The summed E-state index contributed by atoms with van der Waals surface area (Å²) in [5.41, 5.74) is 2.57. The summed E-state index contributed by atoms with van der Waals surface area (Å²) >= 11 is 4.14. The van der Waals surface area contributed by atoms with E-state index in [2.05, 4.69) is 52.3 Å². The summed E-state index contributed by atoms with van der Waals surface area (Å²) in [4.78, 5) is 0. The molecule has 92 valence electrons. The molecular weight excluding hydrogens is 345 g/mol. The molecule has 1 atom stereocenters. The van der Waals surface area contributed by atoms with E-state index in [-0.39, 0.29) is 6.04 Å². The van der Waals surface area contributed by atoms with Crippen LogP contribution < -0.4 is 5.32 Å². The van der Waals surface area contributed by atoms with Crippen LogP contribution in [-0.2, 0) is 0 Å². The van der Waals surface area contributed by atoms with Crippen molar-refractivity contribution in [2.75, 3.05) is 6.54 Å². The van der Waals surface area contributed by atoms with Gasteiger partial charge in [-0.15, -0.1) is 11.3 Å². The summed E-state index contributed by atoms with van der Waals surface area (Å²) in [6.45, 7) is 7.11. The highest BCUT2D eigenvalue weighted by molar-refractivity contribution is 14.1. The maximum atomic E-state index is 5.63. The normalized spacial score (nSPS) is 12.9. The van der Waals surface area contributed by atoms with Crippen molar-refractivity contribution in [2.45, 2.75) is 26.8 Å². The van der Waals surface area contributed by atoms with Crippen molar-refractivity contribution < 1.29 is 4.42 Å². The van der Waals surface area contributed by atoms with Gasteiger partial charge >= 0.3 is 0 Å². The van der Waals surface area contributed by atoms with Crippen molar-refractivity contribution in [3.8, 4) is 0 Å². The number of aryl methyl sites for hydroxylation is 2. The van der Waals surface area contributed by atoms with E-state index in [0.29, 0.717) is 0 Å². The highest BCUT2D eigenvalue weighted by Gasteiger charge is 2.19. The van der Waals surface area contributed by atoms with Gasteiger partial charge < -0.3 is 9.73 Å². The number of hydrogen-bond acceptors (Lipinski definition) is 3. The summed E-state index contributed by atoms with van der Waals surface area (Å²) in [6, 6.07) is 4.62. The molecule has 4 heteroatoms. The predicted octanol–water partition coefficient (Wildman–Crippen LogP) is 4.26. The second-order valence-corrected chi connectivity index (χ2v) is 6.85. The third-order valence-corrected chi connectivity index (χ3v) is 4.53. The van der Waals surface area contributed by atoms with Gasteiger partial charge in [0.25, 0.3) is 0 Å². The first-order chi connectivity index (χ1) is 8.11. The Bertz CT molecular complexity index is 503. The number of furan rings is 1. The Hall–Kier alpha value is -0.330. The molecule has 0 aliphatic rings. The lowest BCUT2D eigenvalue weighted by atomic mass is 10.0. The molecule has 0 bridgehead atoms. The SMILES string of the molecule is CCNC(c1csc(I)c1)c1cc(C)oc1C. The van der Waals surface area contributed by atoms with Crippen molar-refractivity contribution in [3.63, 3.8) is 0 Å². The molecule has 0 amide bonds. The summed E-state index contributed by atoms with van der Waals surface area (Å²) in [7, 11) is 0. The Morgan fingerprint density at radius 3 is 2.65 bits per heavy atom. The van der Waals surface area contributed by atoms with Crippen LogP contribution in [0.4, 0.5) is 0 Å². The minimum Gasteiger partial charge on any atom is -0.466 e. The molecule has 0 fully saturated rings. The third kappa shape index (κ3) is 2.92. The lowest BCUT2D eigenvalue weighted by molar-refractivity contribution is 0.495. The van der Waals surface area contributed by atoms with Gasteiger partial charge in [-0.25, -0.2) is 0 Å². The van der Waals surface area contributed by atoms with Gasteiger partial charge in [0.1, 0.15) is 11.5 Å². The van der Waals surface area contributed by atoms with Crippen LogP contribution >= 0.6 is 33.9 Å². The van der Waals surface area contributed by atoms with Gasteiger partial charge in [-0.2, -0.15) is 0 Å². The molecule has 1 unspecified atom stereocenters. The molecule has 17 heavy (non-hydrogen) atoms. The second kappa shape index (κ2) is 5.54. The molecule has 2 aromatic heterocycles. The molecule has 1 N–H and O–H groups in total. The number of nitrogens with one attached hydrogen (secondary N) is 1. The molecule has 2 rings (SSSR count). The first-order valence-corrected chi connectivity index (χ1v) is 7.62. The smallest absolute Gasteiger partial charge is 0.106 e. The van der Waals surface area contributed by atoms with Gasteiger partial charge in [-0.1, -0.05) is 6.92 Å². The topological polar surface area (TPSA) is 25.2 Å². The fourth-order valence-corrected chi connectivity index (χ4v) is 3.42. The van der Waals surface area contributed by atoms with Crippen LogP contribution in [0.5, 0.6) is 0 Å². The molecule has 0 aliphatic carbocycles. The van der Waals surface area contributed by atoms with Gasteiger partial charge in [0.2, 0.25) is 0 Å². The molecule has 0 aromatic carbocycles. The van der Waals surface area contributed by atoms with Gasteiger partial charge in [-0.3, -0.25) is 0 Å². The van der Waals surface area contributed by atoms with E-state index in [0.717, 1.165) is 18.1 Å². The second-order valence-electron chi connectivity index (χ2n) is 4.04. The zero-order valence-electron chi connectivity index (χ0n) is 10.2. The monoisotopic (exact) mass is 361 g/mol. The van der Waals surface area contributed by atoms with Crippen LogP contribution in [0.2, 0.25) is 0 Å². The fourth-order valence-electron chi connectivity index (χ4n) is 2.02. The van der Waals surface area contributed by atoms with Crippen LogP contribution in [0.3, 0.4) is 0 Å². The number of halogens is 1. The molecule has 0 aliphatic heterocycles. The summed E-state index contributed by atoms with van der Waals surface area (Å²) in [5.74, 6) is 1.99. The fraction of sp³-hybridized carbons (Fsp3) is 0.385. The first kappa shape index (κ1) is 13.1. The van der Waals surface area contributed by atoms with Crippen molar-refractivity contribution in [1.29, 1.82) is 0 Å². The van der Waals surface area contributed by atoms with E-state index in [1.54, 1.807) is 11.3 Å². The Labute approximate surface area is 120 Å². The molecule has 2 aromatic rings. The third-order valence-electron chi connectivity index (χ3n) is 2.72. The minimum absolute atomic E-state index is 0.247. The Balaban J connectivity index is 2.38. The molecule has 2 heterocycles. The average Bonchev–Trinajstić information content (AvgIpc) is 2.82. The first-order valence-electron chi connectivity index (χ1n) is 5.66. The summed E-state index contributed by atoms with van der Waals surface area (Å²) in [5, 5.41) is 5.75. The van der Waals surface area contributed by atoms with E-state index in [1.165, 1.54) is 14.0 Å². The van der Waals surface area contributed by atoms with Gasteiger partial charge in [0.15, 0.2) is 0 Å². The quantitative estimate of drug-likeness (QED) is 0.824. The lowest BCUT2D eigenvalue weighted by Crippen LogP contribution is -2.21. The number of hydrogen-bond donors (Lipinski definition) is 1. The Morgan fingerprint density at radius 1 is 1.41 bits per heavy atom. The lowest BCUT2D eigenvalue weighted by Gasteiger charge is -2.16. The highest BCUT2D eigenvalue weighted by atomic mass is 127. The van der Waals surface area contributed by atoms with Crippen molar-refractivity contribution in [3.05, 3.63) is 43.0 Å². The Morgan fingerprint density at radius 2 is 2.18 bits per heavy atom. The zero-order valence-corrected chi connectivity index (χ0v) is 13.2. The van der Waals surface area contributed by atoms with E-state index in [1.807, 2.05) is 13.8 Å². The molecule has 0 radical (unpaired) electrons. The van der Waals surface area contributed by atoms with Crippen molar-refractivity contribution >= 4 is 33.9 Å². The molecule has 0 spiro atoms. The summed E-state index contributed by atoms with van der Waals surface area (Å²) < 4.78 is 6.95. The van der Waals surface area contributed by atoms with E-state index >= 15 is 0 Å².